The van der Waals surface area contributed by atoms with E-state index in [0.29, 0.717) is 12.8 Å². The van der Waals surface area contributed by atoms with Gasteiger partial charge in [-0.3, -0.25) is 4.79 Å². The van der Waals surface area contributed by atoms with Crippen molar-refractivity contribution in [1.82, 2.24) is 4.72 Å². The standard InChI is InChI=1S/C14H20N2O4S/c15-14(18)10-6-8-11(9-7-10)21(19,20)16-12-4-2-1-3-5-13(12)17/h6-9,12-13,16-17H,1-5H2,(H2,15,18). The summed E-state index contributed by atoms with van der Waals surface area (Å²) in [6, 6.07) is 4.96. The van der Waals surface area contributed by atoms with Crippen molar-refractivity contribution >= 4 is 15.9 Å². The monoisotopic (exact) mass is 312 g/mol. The number of rotatable bonds is 4. The molecule has 1 aliphatic carbocycles. The summed E-state index contributed by atoms with van der Waals surface area (Å²) in [6.07, 6.45) is 3.38. The molecule has 0 saturated heterocycles. The summed E-state index contributed by atoms with van der Waals surface area (Å²) in [6.45, 7) is 0. The molecule has 1 aromatic rings. The van der Waals surface area contributed by atoms with Gasteiger partial charge >= 0.3 is 0 Å². The van der Waals surface area contributed by atoms with Crippen LogP contribution in [0.15, 0.2) is 29.2 Å². The molecule has 1 aromatic carbocycles. The Morgan fingerprint density at radius 3 is 2.38 bits per heavy atom. The molecular weight excluding hydrogens is 292 g/mol. The number of aliphatic hydroxyl groups is 1. The summed E-state index contributed by atoms with van der Waals surface area (Å²) in [5.41, 5.74) is 5.37. The number of primary amides is 1. The minimum atomic E-state index is -3.71. The van der Waals surface area contributed by atoms with E-state index in [2.05, 4.69) is 4.72 Å². The van der Waals surface area contributed by atoms with Gasteiger partial charge in [0.1, 0.15) is 0 Å². The number of amides is 1. The molecule has 1 fully saturated rings. The average Bonchev–Trinajstić information content (AvgIpc) is 2.64. The predicted molar refractivity (Wildman–Crippen MR) is 78.2 cm³/mol. The van der Waals surface area contributed by atoms with Crippen molar-refractivity contribution in [2.24, 2.45) is 5.73 Å². The van der Waals surface area contributed by atoms with Crippen molar-refractivity contribution in [2.75, 3.05) is 0 Å². The van der Waals surface area contributed by atoms with Gasteiger partial charge in [-0.25, -0.2) is 13.1 Å². The first-order valence-corrected chi connectivity index (χ1v) is 8.49. The smallest absolute Gasteiger partial charge is 0.248 e. The van der Waals surface area contributed by atoms with Gasteiger partial charge in [-0.15, -0.1) is 0 Å². The zero-order valence-corrected chi connectivity index (χ0v) is 12.5. The van der Waals surface area contributed by atoms with Gasteiger partial charge in [0.05, 0.1) is 11.0 Å². The van der Waals surface area contributed by atoms with Crippen molar-refractivity contribution in [3.8, 4) is 0 Å². The number of nitrogens with one attached hydrogen (secondary N) is 1. The fraction of sp³-hybridized carbons (Fsp3) is 0.500. The Morgan fingerprint density at radius 1 is 1.14 bits per heavy atom. The summed E-state index contributed by atoms with van der Waals surface area (Å²) >= 11 is 0. The Morgan fingerprint density at radius 2 is 1.76 bits per heavy atom. The quantitative estimate of drug-likeness (QED) is 0.713. The van der Waals surface area contributed by atoms with Gasteiger partial charge in [0.2, 0.25) is 15.9 Å². The topological polar surface area (TPSA) is 109 Å². The molecular formula is C14H20N2O4S. The van der Waals surface area contributed by atoms with Crippen molar-refractivity contribution < 1.29 is 18.3 Å². The number of sulfonamides is 1. The summed E-state index contributed by atoms with van der Waals surface area (Å²) in [5, 5.41) is 9.99. The number of carbonyl (C=O) groups is 1. The van der Waals surface area contributed by atoms with Gasteiger partial charge in [-0.05, 0) is 37.1 Å². The molecule has 6 nitrogen and oxygen atoms in total. The highest BCUT2D eigenvalue weighted by atomic mass is 32.2. The van der Waals surface area contributed by atoms with Crippen LogP contribution in [-0.4, -0.2) is 31.6 Å². The maximum atomic E-state index is 12.3. The van der Waals surface area contributed by atoms with Crippen LogP contribution in [-0.2, 0) is 10.0 Å². The van der Waals surface area contributed by atoms with Crippen LogP contribution in [0, 0.1) is 0 Å². The molecule has 4 N–H and O–H groups in total. The predicted octanol–water partition coefficient (Wildman–Crippen LogP) is 0.757. The highest BCUT2D eigenvalue weighted by molar-refractivity contribution is 7.89. The third kappa shape index (κ3) is 4.03. The molecule has 0 heterocycles. The summed E-state index contributed by atoms with van der Waals surface area (Å²) in [7, 11) is -3.71. The zero-order valence-electron chi connectivity index (χ0n) is 11.7. The lowest BCUT2D eigenvalue weighted by Gasteiger charge is -2.21. The highest BCUT2D eigenvalue weighted by Gasteiger charge is 2.27. The molecule has 0 spiro atoms. The minimum Gasteiger partial charge on any atom is -0.391 e. The van der Waals surface area contributed by atoms with Gasteiger partial charge < -0.3 is 10.8 Å². The van der Waals surface area contributed by atoms with E-state index in [9.17, 15) is 18.3 Å². The largest absolute Gasteiger partial charge is 0.391 e. The van der Waals surface area contributed by atoms with Crippen molar-refractivity contribution in [3.63, 3.8) is 0 Å². The van der Waals surface area contributed by atoms with E-state index in [1.54, 1.807) is 0 Å². The van der Waals surface area contributed by atoms with Crippen LogP contribution in [0.2, 0.25) is 0 Å². The summed E-state index contributed by atoms with van der Waals surface area (Å²) in [4.78, 5) is 11.0. The molecule has 2 atom stereocenters. The van der Waals surface area contributed by atoms with E-state index >= 15 is 0 Å². The van der Waals surface area contributed by atoms with Crippen LogP contribution in [0.1, 0.15) is 42.5 Å². The molecule has 21 heavy (non-hydrogen) atoms. The van der Waals surface area contributed by atoms with E-state index in [-0.39, 0.29) is 10.5 Å². The van der Waals surface area contributed by atoms with Gasteiger partial charge in [-0.1, -0.05) is 19.3 Å². The second kappa shape index (κ2) is 6.55. The molecule has 0 bridgehead atoms. The zero-order chi connectivity index (χ0) is 15.5. The Kier molecular flexibility index (Phi) is 4.97. The Labute approximate surface area is 124 Å². The number of carbonyl (C=O) groups excluding carboxylic acids is 1. The average molecular weight is 312 g/mol. The second-order valence-electron chi connectivity index (χ2n) is 5.32. The first kappa shape index (κ1) is 15.9. The molecule has 1 amide bonds. The molecule has 116 valence electrons. The third-order valence-corrected chi connectivity index (χ3v) is 5.24. The molecule has 1 aliphatic rings. The van der Waals surface area contributed by atoms with Gasteiger partial charge in [0.25, 0.3) is 0 Å². The van der Waals surface area contributed by atoms with Crippen LogP contribution in [0.25, 0.3) is 0 Å². The Balaban J connectivity index is 2.15. The van der Waals surface area contributed by atoms with E-state index in [1.165, 1.54) is 24.3 Å². The number of nitrogens with two attached hydrogens (primary N) is 1. The van der Waals surface area contributed by atoms with E-state index in [0.717, 1.165) is 19.3 Å². The highest BCUT2D eigenvalue weighted by Crippen LogP contribution is 2.20. The van der Waals surface area contributed by atoms with Gasteiger partial charge in [0, 0.05) is 11.6 Å². The van der Waals surface area contributed by atoms with Gasteiger partial charge in [0.15, 0.2) is 0 Å². The molecule has 7 heteroatoms. The van der Waals surface area contributed by atoms with Gasteiger partial charge in [-0.2, -0.15) is 0 Å². The minimum absolute atomic E-state index is 0.0592. The normalized spacial score (nSPS) is 23.5. The van der Waals surface area contributed by atoms with Crippen molar-refractivity contribution in [1.29, 1.82) is 0 Å². The molecule has 2 rings (SSSR count). The molecule has 0 aromatic heterocycles. The number of aliphatic hydroxyl groups excluding tert-OH is 1. The molecule has 2 unspecified atom stereocenters. The first-order valence-electron chi connectivity index (χ1n) is 7.00. The number of benzene rings is 1. The lowest BCUT2D eigenvalue weighted by molar-refractivity contribution is 0.1000. The van der Waals surface area contributed by atoms with Crippen LogP contribution in [0.4, 0.5) is 0 Å². The van der Waals surface area contributed by atoms with E-state index in [4.69, 9.17) is 5.73 Å². The maximum Gasteiger partial charge on any atom is 0.248 e. The lowest BCUT2D eigenvalue weighted by atomic mass is 10.1. The van der Waals surface area contributed by atoms with E-state index < -0.39 is 28.1 Å². The fourth-order valence-electron chi connectivity index (χ4n) is 2.49. The molecule has 0 aliphatic heterocycles. The summed E-state index contributed by atoms with van der Waals surface area (Å²) in [5.74, 6) is -0.605. The maximum absolute atomic E-state index is 12.3. The number of hydrogen-bond acceptors (Lipinski definition) is 4. The second-order valence-corrected chi connectivity index (χ2v) is 7.04. The number of hydrogen-bond donors (Lipinski definition) is 3. The molecule has 0 radical (unpaired) electrons. The third-order valence-electron chi connectivity index (χ3n) is 3.74. The van der Waals surface area contributed by atoms with Crippen LogP contribution in [0.3, 0.4) is 0 Å². The lowest BCUT2D eigenvalue weighted by Crippen LogP contribution is -2.42. The molecule has 1 saturated carbocycles. The summed E-state index contributed by atoms with van der Waals surface area (Å²) < 4.78 is 27.2. The van der Waals surface area contributed by atoms with Crippen molar-refractivity contribution in [3.05, 3.63) is 29.8 Å². The van der Waals surface area contributed by atoms with Crippen LogP contribution in [0.5, 0.6) is 0 Å². The SMILES string of the molecule is NC(=O)c1ccc(S(=O)(=O)NC2CCCCCC2O)cc1. The van der Waals surface area contributed by atoms with Crippen LogP contribution >= 0.6 is 0 Å². The Hall–Kier alpha value is -1.44. The van der Waals surface area contributed by atoms with Crippen molar-refractivity contribution in [2.45, 2.75) is 49.1 Å². The van der Waals surface area contributed by atoms with E-state index in [1.807, 2.05) is 0 Å². The Bertz CT molecular complexity index is 598. The fourth-order valence-corrected chi connectivity index (χ4v) is 3.80. The van der Waals surface area contributed by atoms with Crippen LogP contribution < -0.4 is 10.5 Å². The first-order chi connectivity index (χ1) is 9.90.